The number of nitrogens with zero attached hydrogens (tertiary/aromatic N) is 2. The Morgan fingerprint density at radius 1 is 0.846 bits per heavy atom. The van der Waals surface area contributed by atoms with Crippen LogP contribution in [0.3, 0.4) is 0 Å². The van der Waals surface area contributed by atoms with Gasteiger partial charge in [0.25, 0.3) is 0 Å². The fourth-order valence-corrected chi connectivity index (χ4v) is 4.13. The van der Waals surface area contributed by atoms with Crippen LogP contribution in [-0.2, 0) is 6.54 Å². The average Bonchev–Trinajstić information content (AvgIpc) is 3.13. The second-order valence-corrected chi connectivity index (χ2v) is 7.15. The highest BCUT2D eigenvalue weighted by Gasteiger charge is 2.40. The van der Waals surface area contributed by atoms with E-state index in [9.17, 15) is 13.2 Å². The molecule has 26 heavy (non-hydrogen) atoms. The van der Waals surface area contributed by atoms with Gasteiger partial charge in [0.15, 0.2) is 0 Å². The summed E-state index contributed by atoms with van der Waals surface area (Å²) in [5.41, 5.74) is 2.30. The van der Waals surface area contributed by atoms with Crippen molar-refractivity contribution in [3.63, 3.8) is 0 Å². The van der Waals surface area contributed by atoms with Crippen molar-refractivity contribution in [2.24, 2.45) is 11.8 Å². The Bertz CT molecular complexity index is 719. The molecule has 2 saturated heterocycles. The summed E-state index contributed by atoms with van der Waals surface area (Å²) in [5.74, 6) is 1.06. The van der Waals surface area contributed by atoms with Gasteiger partial charge in [-0.25, -0.2) is 0 Å². The van der Waals surface area contributed by atoms with Gasteiger partial charge in [0.05, 0.1) is 0 Å². The van der Waals surface area contributed by atoms with E-state index in [1.807, 2.05) is 6.07 Å². The second kappa shape index (κ2) is 6.83. The molecule has 0 radical (unpaired) electrons. The molecule has 2 unspecified atom stereocenters. The zero-order valence-electron chi connectivity index (χ0n) is 14.3. The summed E-state index contributed by atoms with van der Waals surface area (Å²) in [5, 5.41) is 0. The van der Waals surface area contributed by atoms with Crippen molar-refractivity contribution in [2.75, 3.05) is 31.1 Å². The van der Waals surface area contributed by atoms with Crippen LogP contribution >= 0.6 is 0 Å². The normalized spacial score (nSPS) is 23.3. The number of likely N-dealkylation sites (tertiary alicyclic amines) is 1. The van der Waals surface area contributed by atoms with E-state index in [0.29, 0.717) is 11.8 Å². The zero-order chi connectivity index (χ0) is 18.1. The molecule has 0 N–H and O–H groups in total. The summed E-state index contributed by atoms with van der Waals surface area (Å²) in [4.78, 5) is 4.77. The number of ether oxygens (including phenoxy) is 1. The highest BCUT2D eigenvalue weighted by atomic mass is 19.4. The highest BCUT2D eigenvalue weighted by Crippen LogP contribution is 2.35. The third-order valence-electron chi connectivity index (χ3n) is 5.25. The molecule has 2 aromatic carbocycles. The third kappa shape index (κ3) is 3.96. The van der Waals surface area contributed by atoms with Crippen LogP contribution < -0.4 is 9.64 Å². The average molecular weight is 362 g/mol. The Hall–Kier alpha value is -2.21. The summed E-state index contributed by atoms with van der Waals surface area (Å²) in [6.45, 7) is 5.04. The molecule has 0 aromatic heterocycles. The standard InChI is InChI=1S/C20H21F3N2O/c21-20(22,23)26-19-8-6-18(7-9-19)25-13-16-11-24(12-17(16)14-25)10-15-4-2-1-3-5-15/h1-9,16-17H,10-14H2. The van der Waals surface area contributed by atoms with Crippen molar-refractivity contribution in [1.29, 1.82) is 0 Å². The van der Waals surface area contributed by atoms with Crippen molar-refractivity contribution in [1.82, 2.24) is 4.90 Å². The number of hydrogen-bond donors (Lipinski definition) is 0. The Balaban J connectivity index is 1.33. The minimum atomic E-state index is -4.64. The Morgan fingerprint density at radius 2 is 1.46 bits per heavy atom. The SMILES string of the molecule is FC(F)(F)Oc1ccc(N2CC3CN(Cc4ccccc4)CC3C2)cc1. The number of hydrogen-bond acceptors (Lipinski definition) is 3. The van der Waals surface area contributed by atoms with Gasteiger partial charge in [-0.2, -0.15) is 0 Å². The smallest absolute Gasteiger partial charge is 0.406 e. The van der Waals surface area contributed by atoms with Crippen molar-refractivity contribution in [3.8, 4) is 5.75 Å². The lowest BCUT2D eigenvalue weighted by Crippen LogP contribution is -2.28. The molecule has 6 heteroatoms. The van der Waals surface area contributed by atoms with E-state index in [1.54, 1.807) is 12.1 Å². The monoisotopic (exact) mass is 362 g/mol. The van der Waals surface area contributed by atoms with E-state index in [-0.39, 0.29) is 5.75 Å². The summed E-state index contributed by atoms with van der Waals surface area (Å²) < 4.78 is 40.7. The van der Waals surface area contributed by atoms with Crippen LogP contribution in [0, 0.1) is 11.8 Å². The third-order valence-corrected chi connectivity index (χ3v) is 5.25. The fraction of sp³-hybridized carbons (Fsp3) is 0.400. The molecule has 0 bridgehead atoms. The molecule has 2 heterocycles. The first-order valence-corrected chi connectivity index (χ1v) is 8.83. The van der Waals surface area contributed by atoms with Gasteiger partial charge in [-0.15, -0.1) is 13.2 Å². The van der Waals surface area contributed by atoms with Crippen LogP contribution in [-0.4, -0.2) is 37.4 Å². The van der Waals surface area contributed by atoms with Gasteiger partial charge >= 0.3 is 6.36 Å². The predicted octanol–water partition coefficient (Wildman–Crippen LogP) is 4.15. The van der Waals surface area contributed by atoms with E-state index in [4.69, 9.17) is 0 Å². The molecule has 4 rings (SSSR count). The van der Waals surface area contributed by atoms with Gasteiger partial charge in [0.1, 0.15) is 5.75 Å². The summed E-state index contributed by atoms with van der Waals surface area (Å²) >= 11 is 0. The Morgan fingerprint density at radius 3 is 2.04 bits per heavy atom. The molecule has 0 amide bonds. The lowest BCUT2D eigenvalue weighted by molar-refractivity contribution is -0.274. The number of anilines is 1. The van der Waals surface area contributed by atoms with E-state index >= 15 is 0 Å². The van der Waals surface area contributed by atoms with Crippen LogP contribution in [0.4, 0.5) is 18.9 Å². The molecule has 2 atom stereocenters. The van der Waals surface area contributed by atoms with Gasteiger partial charge in [0, 0.05) is 38.4 Å². The van der Waals surface area contributed by atoms with Crippen LogP contribution in [0.2, 0.25) is 0 Å². The van der Waals surface area contributed by atoms with Crippen molar-refractivity contribution < 1.29 is 17.9 Å². The van der Waals surface area contributed by atoms with Gasteiger partial charge in [-0.05, 0) is 41.7 Å². The molecule has 2 aliphatic rings. The number of halogens is 3. The topological polar surface area (TPSA) is 15.7 Å². The highest BCUT2D eigenvalue weighted by molar-refractivity contribution is 5.50. The maximum absolute atomic E-state index is 12.3. The first kappa shape index (κ1) is 17.2. The minimum absolute atomic E-state index is 0.172. The van der Waals surface area contributed by atoms with Crippen molar-refractivity contribution in [3.05, 3.63) is 60.2 Å². The van der Waals surface area contributed by atoms with Crippen LogP contribution in [0.15, 0.2) is 54.6 Å². The lowest BCUT2D eigenvalue weighted by Gasteiger charge is -2.23. The number of fused-ring (bicyclic) bond motifs is 1. The fourth-order valence-electron chi connectivity index (χ4n) is 4.13. The molecule has 138 valence electrons. The molecule has 0 spiro atoms. The molecule has 2 fully saturated rings. The molecule has 3 nitrogen and oxygen atoms in total. The van der Waals surface area contributed by atoms with E-state index in [0.717, 1.165) is 38.4 Å². The summed E-state index contributed by atoms with van der Waals surface area (Å²) in [7, 11) is 0. The molecule has 0 aliphatic carbocycles. The van der Waals surface area contributed by atoms with E-state index in [1.165, 1.54) is 17.7 Å². The summed E-state index contributed by atoms with van der Waals surface area (Å²) in [6, 6.07) is 16.7. The second-order valence-electron chi connectivity index (χ2n) is 7.15. The lowest BCUT2D eigenvalue weighted by atomic mass is 10.0. The van der Waals surface area contributed by atoms with Gasteiger partial charge < -0.3 is 9.64 Å². The number of rotatable bonds is 4. The van der Waals surface area contributed by atoms with Crippen LogP contribution in [0.5, 0.6) is 5.75 Å². The maximum atomic E-state index is 12.3. The Kier molecular flexibility index (Phi) is 4.53. The Labute approximate surface area is 151 Å². The predicted molar refractivity (Wildman–Crippen MR) is 94.0 cm³/mol. The molecule has 2 aromatic rings. The molecule has 2 aliphatic heterocycles. The number of benzene rings is 2. The number of alkyl halides is 3. The molecule has 0 saturated carbocycles. The maximum Gasteiger partial charge on any atom is 0.573 e. The quantitative estimate of drug-likeness (QED) is 0.813. The molecular weight excluding hydrogens is 341 g/mol. The zero-order valence-corrected chi connectivity index (χ0v) is 14.3. The largest absolute Gasteiger partial charge is 0.573 e. The summed E-state index contributed by atoms with van der Waals surface area (Å²) in [6.07, 6.45) is -4.64. The van der Waals surface area contributed by atoms with Gasteiger partial charge in [0.2, 0.25) is 0 Å². The minimum Gasteiger partial charge on any atom is -0.406 e. The van der Waals surface area contributed by atoms with Gasteiger partial charge in [-0.1, -0.05) is 30.3 Å². The van der Waals surface area contributed by atoms with E-state index < -0.39 is 6.36 Å². The first-order chi connectivity index (χ1) is 12.5. The van der Waals surface area contributed by atoms with Crippen molar-refractivity contribution in [2.45, 2.75) is 12.9 Å². The van der Waals surface area contributed by atoms with Crippen LogP contribution in [0.25, 0.3) is 0 Å². The first-order valence-electron chi connectivity index (χ1n) is 8.83. The van der Waals surface area contributed by atoms with Crippen LogP contribution in [0.1, 0.15) is 5.56 Å². The van der Waals surface area contributed by atoms with Crippen molar-refractivity contribution >= 4 is 5.69 Å². The van der Waals surface area contributed by atoms with E-state index in [2.05, 4.69) is 38.8 Å². The van der Waals surface area contributed by atoms with Gasteiger partial charge in [-0.3, -0.25) is 4.90 Å². The molecular formula is C20H21F3N2O.